The third-order valence-electron chi connectivity index (χ3n) is 2.45. The predicted molar refractivity (Wildman–Crippen MR) is 69.4 cm³/mol. The fourth-order valence-corrected chi connectivity index (χ4v) is 1.38. The van der Waals surface area contributed by atoms with Crippen molar-refractivity contribution in [2.45, 2.75) is 19.1 Å². The monoisotopic (exact) mass is 280 g/mol. The van der Waals surface area contributed by atoms with Gasteiger partial charge in [0, 0.05) is 0 Å². The third-order valence-corrected chi connectivity index (χ3v) is 2.45. The number of rotatable bonds is 6. The molecule has 20 heavy (non-hydrogen) atoms. The molecule has 0 unspecified atom stereocenters. The van der Waals surface area contributed by atoms with Crippen LogP contribution in [0.3, 0.4) is 0 Å². The van der Waals surface area contributed by atoms with Gasteiger partial charge in [-0.25, -0.2) is 4.79 Å². The Balaban J connectivity index is 2.46. The van der Waals surface area contributed by atoms with Gasteiger partial charge < -0.3 is 20.5 Å². The summed E-state index contributed by atoms with van der Waals surface area (Å²) in [5, 5.41) is 2.22. The number of primary amides is 1. The molecule has 0 fully saturated rings. The van der Waals surface area contributed by atoms with E-state index in [0.29, 0.717) is 0 Å². The lowest BCUT2D eigenvalue weighted by Gasteiger charge is -2.14. The van der Waals surface area contributed by atoms with Gasteiger partial charge in [-0.3, -0.25) is 9.59 Å². The SMILES string of the molecule is COC(=O)C[C@H](NC(=O)OCc1ccccc1)C(N)=O. The molecule has 1 rings (SSSR count). The van der Waals surface area contributed by atoms with Gasteiger partial charge in [0.2, 0.25) is 5.91 Å². The van der Waals surface area contributed by atoms with Crippen molar-refractivity contribution in [2.75, 3.05) is 7.11 Å². The smallest absolute Gasteiger partial charge is 0.408 e. The van der Waals surface area contributed by atoms with Crippen molar-refractivity contribution in [3.05, 3.63) is 35.9 Å². The van der Waals surface area contributed by atoms with Crippen molar-refractivity contribution in [1.29, 1.82) is 0 Å². The number of alkyl carbamates (subject to hydrolysis) is 1. The summed E-state index contributed by atoms with van der Waals surface area (Å²) in [6, 6.07) is 7.86. The summed E-state index contributed by atoms with van der Waals surface area (Å²) in [4.78, 5) is 33.7. The van der Waals surface area contributed by atoms with Crippen LogP contribution in [0.1, 0.15) is 12.0 Å². The van der Waals surface area contributed by atoms with Crippen LogP contribution in [-0.2, 0) is 25.7 Å². The summed E-state index contributed by atoms with van der Waals surface area (Å²) in [6.45, 7) is 0.0520. The number of hydrogen-bond donors (Lipinski definition) is 2. The van der Waals surface area contributed by atoms with Crippen LogP contribution in [0.5, 0.6) is 0 Å². The first-order chi connectivity index (χ1) is 9.52. The number of ether oxygens (including phenoxy) is 2. The summed E-state index contributed by atoms with van der Waals surface area (Å²) >= 11 is 0. The molecule has 1 aromatic rings. The molecule has 0 aliphatic carbocycles. The summed E-state index contributed by atoms with van der Waals surface area (Å²) in [5.41, 5.74) is 5.88. The normalized spacial score (nSPS) is 11.2. The second kappa shape index (κ2) is 7.78. The Kier molecular flexibility index (Phi) is 6.02. The van der Waals surface area contributed by atoms with E-state index in [-0.39, 0.29) is 13.0 Å². The van der Waals surface area contributed by atoms with Crippen molar-refractivity contribution >= 4 is 18.0 Å². The first-order valence-electron chi connectivity index (χ1n) is 5.86. The quantitative estimate of drug-likeness (QED) is 0.730. The summed E-state index contributed by atoms with van der Waals surface area (Å²) in [7, 11) is 1.17. The minimum atomic E-state index is -1.16. The third kappa shape index (κ3) is 5.38. The zero-order valence-electron chi connectivity index (χ0n) is 11.0. The molecule has 0 spiro atoms. The molecule has 108 valence electrons. The largest absolute Gasteiger partial charge is 0.469 e. The number of esters is 1. The molecule has 1 aromatic carbocycles. The molecule has 0 aliphatic rings. The fourth-order valence-electron chi connectivity index (χ4n) is 1.38. The van der Waals surface area contributed by atoms with E-state index in [1.54, 1.807) is 24.3 Å². The van der Waals surface area contributed by atoms with E-state index in [1.807, 2.05) is 6.07 Å². The van der Waals surface area contributed by atoms with Crippen LogP contribution in [0.15, 0.2) is 30.3 Å². The minimum Gasteiger partial charge on any atom is -0.469 e. The summed E-state index contributed by atoms with van der Waals surface area (Å²) in [6.07, 6.45) is -1.17. The standard InChI is InChI=1S/C13H16N2O5/c1-19-11(16)7-10(12(14)17)15-13(18)20-8-9-5-3-2-4-6-9/h2-6,10H,7-8H2,1H3,(H2,14,17)(H,15,18)/t10-/m0/s1. The maximum absolute atomic E-state index is 11.5. The van der Waals surface area contributed by atoms with Gasteiger partial charge in [-0.05, 0) is 5.56 Å². The Morgan fingerprint density at radius 1 is 1.25 bits per heavy atom. The fraction of sp³-hybridized carbons (Fsp3) is 0.308. The van der Waals surface area contributed by atoms with Crippen molar-refractivity contribution in [3.8, 4) is 0 Å². The first kappa shape index (κ1) is 15.5. The van der Waals surface area contributed by atoms with Crippen LogP contribution in [0.4, 0.5) is 4.79 Å². The van der Waals surface area contributed by atoms with Crippen molar-refractivity contribution in [3.63, 3.8) is 0 Å². The lowest BCUT2D eigenvalue weighted by Crippen LogP contribution is -2.46. The molecular weight excluding hydrogens is 264 g/mol. The van der Waals surface area contributed by atoms with Crippen LogP contribution in [0.2, 0.25) is 0 Å². The summed E-state index contributed by atoms with van der Waals surface area (Å²) < 4.78 is 9.32. The number of methoxy groups -OCH3 is 1. The van der Waals surface area contributed by atoms with Gasteiger partial charge in [0.1, 0.15) is 12.6 Å². The van der Waals surface area contributed by atoms with E-state index < -0.39 is 24.0 Å². The van der Waals surface area contributed by atoms with Gasteiger partial charge in [0.05, 0.1) is 13.5 Å². The molecule has 0 heterocycles. The number of amides is 2. The Labute approximate surface area is 116 Å². The number of nitrogens with one attached hydrogen (secondary N) is 1. The number of benzene rings is 1. The minimum absolute atomic E-state index is 0.0520. The molecule has 0 bridgehead atoms. The van der Waals surface area contributed by atoms with Crippen molar-refractivity contribution in [2.24, 2.45) is 5.73 Å². The van der Waals surface area contributed by atoms with Gasteiger partial charge in [0.15, 0.2) is 0 Å². The second-order valence-electron chi connectivity index (χ2n) is 3.94. The van der Waals surface area contributed by atoms with E-state index in [2.05, 4.69) is 10.1 Å². The molecule has 7 nitrogen and oxygen atoms in total. The molecule has 1 atom stereocenters. The number of hydrogen-bond acceptors (Lipinski definition) is 5. The zero-order chi connectivity index (χ0) is 15.0. The zero-order valence-corrected chi connectivity index (χ0v) is 11.0. The highest BCUT2D eigenvalue weighted by molar-refractivity contribution is 5.88. The summed E-state index contributed by atoms with van der Waals surface area (Å²) in [5.74, 6) is -1.50. The molecule has 0 aliphatic heterocycles. The average molecular weight is 280 g/mol. The van der Waals surface area contributed by atoms with Crippen LogP contribution in [-0.4, -0.2) is 31.1 Å². The van der Waals surface area contributed by atoms with E-state index in [1.165, 1.54) is 7.11 Å². The molecule has 0 aromatic heterocycles. The molecule has 7 heteroatoms. The first-order valence-corrected chi connectivity index (χ1v) is 5.86. The maximum atomic E-state index is 11.5. The highest BCUT2D eigenvalue weighted by Crippen LogP contribution is 2.01. The predicted octanol–water partition coefficient (Wildman–Crippen LogP) is 0.330. The molecule has 0 saturated carbocycles. The van der Waals surface area contributed by atoms with E-state index in [0.717, 1.165) is 5.56 Å². The lowest BCUT2D eigenvalue weighted by molar-refractivity contribution is -0.142. The van der Waals surface area contributed by atoms with Gasteiger partial charge >= 0.3 is 12.1 Å². The van der Waals surface area contributed by atoms with Crippen molar-refractivity contribution in [1.82, 2.24) is 5.32 Å². The molecule has 0 saturated heterocycles. The van der Waals surface area contributed by atoms with Crippen LogP contribution in [0, 0.1) is 0 Å². The average Bonchev–Trinajstić information content (AvgIpc) is 2.45. The molecule has 0 radical (unpaired) electrons. The molecule has 3 N–H and O–H groups in total. The molecular formula is C13H16N2O5. The van der Waals surface area contributed by atoms with Crippen LogP contribution < -0.4 is 11.1 Å². The highest BCUT2D eigenvalue weighted by atomic mass is 16.5. The van der Waals surface area contributed by atoms with Gasteiger partial charge in [-0.15, -0.1) is 0 Å². The van der Waals surface area contributed by atoms with Gasteiger partial charge in [-0.1, -0.05) is 30.3 Å². The second-order valence-corrected chi connectivity index (χ2v) is 3.94. The van der Waals surface area contributed by atoms with Crippen LogP contribution in [0.25, 0.3) is 0 Å². The topological polar surface area (TPSA) is 108 Å². The Hall–Kier alpha value is -2.57. The highest BCUT2D eigenvalue weighted by Gasteiger charge is 2.22. The number of carbonyl (C=O) groups is 3. The van der Waals surface area contributed by atoms with Gasteiger partial charge in [0.25, 0.3) is 0 Å². The maximum Gasteiger partial charge on any atom is 0.408 e. The lowest BCUT2D eigenvalue weighted by atomic mass is 10.2. The Morgan fingerprint density at radius 3 is 2.45 bits per heavy atom. The van der Waals surface area contributed by atoms with E-state index >= 15 is 0 Å². The molecule has 2 amide bonds. The van der Waals surface area contributed by atoms with E-state index in [4.69, 9.17) is 10.5 Å². The van der Waals surface area contributed by atoms with Gasteiger partial charge in [-0.2, -0.15) is 0 Å². The Morgan fingerprint density at radius 2 is 1.90 bits per heavy atom. The Bertz CT molecular complexity index is 475. The van der Waals surface area contributed by atoms with E-state index in [9.17, 15) is 14.4 Å². The number of nitrogens with two attached hydrogens (primary N) is 1. The van der Waals surface area contributed by atoms with Crippen LogP contribution >= 0.6 is 0 Å². The van der Waals surface area contributed by atoms with Crippen molar-refractivity contribution < 1.29 is 23.9 Å². The number of carbonyl (C=O) groups excluding carboxylic acids is 3.